The predicted molar refractivity (Wildman–Crippen MR) is 94.1 cm³/mol. The molecular weight excluding hydrogens is 328 g/mol. The highest BCUT2D eigenvalue weighted by atomic mass is 32.1. The number of alkyl carbamates (subject to hydrolysis) is 2. The van der Waals surface area contributed by atoms with Crippen molar-refractivity contribution in [2.45, 2.75) is 66.6 Å². The Hall–Kier alpha value is -2.07. The molecule has 7 heteroatoms. The molecule has 134 valence electrons. The van der Waals surface area contributed by atoms with Crippen molar-refractivity contribution < 1.29 is 19.1 Å². The van der Waals surface area contributed by atoms with Crippen LogP contribution in [-0.4, -0.2) is 23.4 Å². The van der Waals surface area contributed by atoms with Gasteiger partial charge in [-0.25, -0.2) is 14.9 Å². The zero-order valence-corrected chi connectivity index (χ0v) is 16.4. The topological polar surface area (TPSA) is 88.4 Å². The number of ether oxygens (including phenoxy) is 2. The standard InChI is InChI=1S/C10H19NO4.C7H7NS/c1-9(2,3)14-7(12)11-8(13)15-10(4,5)6;1-5-3-6(2)9-7(5)4-8/h1-6H3,(H,11,12,13);3H,1-2H3. The minimum Gasteiger partial charge on any atom is -0.443 e. The maximum Gasteiger partial charge on any atom is 0.417 e. The molecule has 0 aliphatic carbocycles. The maximum absolute atomic E-state index is 11.1. The van der Waals surface area contributed by atoms with Gasteiger partial charge in [-0.15, -0.1) is 11.3 Å². The van der Waals surface area contributed by atoms with Gasteiger partial charge < -0.3 is 9.47 Å². The van der Waals surface area contributed by atoms with E-state index >= 15 is 0 Å². The van der Waals surface area contributed by atoms with Gasteiger partial charge in [-0.1, -0.05) is 0 Å². The van der Waals surface area contributed by atoms with Crippen LogP contribution in [0, 0.1) is 25.2 Å². The van der Waals surface area contributed by atoms with E-state index in [1.54, 1.807) is 52.9 Å². The van der Waals surface area contributed by atoms with E-state index in [4.69, 9.17) is 14.7 Å². The fourth-order valence-corrected chi connectivity index (χ4v) is 2.27. The first-order valence-corrected chi connectivity index (χ1v) is 8.25. The summed E-state index contributed by atoms with van der Waals surface area (Å²) in [5.74, 6) is 0. The predicted octanol–water partition coefficient (Wildman–Crippen LogP) is 4.68. The van der Waals surface area contributed by atoms with Crippen LogP contribution in [0.15, 0.2) is 6.07 Å². The van der Waals surface area contributed by atoms with Crippen LogP contribution in [0.1, 0.15) is 56.9 Å². The number of hydrogen-bond acceptors (Lipinski definition) is 6. The number of aryl methyl sites for hydroxylation is 2. The molecule has 0 spiro atoms. The highest BCUT2D eigenvalue weighted by molar-refractivity contribution is 7.12. The number of nitriles is 1. The van der Waals surface area contributed by atoms with Gasteiger partial charge in [0.2, 0.25) is 0 Å². The molecule has 0 aliphatic rings. The van der Waals surface area contributed by atoms with E-state index in [0.717, 1.165) is 10.4 Å². The van der Waals surface area contributed by atoms with E-state index in [0.29, 0.717) is 0 Å². The van der Waals surface area contributed by atoms with Crippen molar-refractivity contribution in [1.29, 1.82) is 5.26 Å². The molecule has 24 heavy (non-hydrogen) atoms. The van der Waals surface area contributed by atoms with E-state index in [1.165, 1.54) is 4.88 Å². The lowest BCUT2D eigenvalue weighted by molar-refractivity contribution is 0.0353. The summed E-state index contributed by atoms with van der Waals surface area (Å²) in [5, 5.41) is 10.5. The first-order chi connectivity index (χ1) is 10.7. The molecule has 0 bridgehead atoms. The summed E-state index contributed by atoms with van der Waals surface area (Å²) >= 11 is 1.55. The van der Waals surface area contributed by atoms with Gasteiger partial charge in [-0.05, 0) is 67.0 Å². The molecule has 0 saturated heterocycles. The lowest BCUT2D eigenvalue weighted by Crippen LogP contribution is -2.39. The largest absolute Gasteiger partial charge is 0.443 e. The second-order valence-electron chi connectivity index (χ2n) is 7.11. The smallest absolute Gasteiger partial charge is 0.417 e. The number of carbonyl (C=O) groups is 2. The Labute approximate surface area is 147 Å². The van der Waals surface area contributed by atoms with Crippen molar-refractivity contribution in [2.24, 2.45) is 0 Å². The molecule has 0 saturated carbocycles. The molecule has 6 nitrogen and oxygen atoms in total. The zero-order chi connectivity index (χ0) is 19.1. The van der Waals surface area contributed by atoms with Gasteiger partial charge in [-0.3, -0.25) is 0 Å². The van der Waals surface area contributed by atoms with Gasteiger partial charge in [0.1, 0.15) is 22.1 Å². The lowest BCUT2D eigenvalue weighted by Gasteiger charge is -2.21. The SMILES string of the molecule is CC(C)(C)OC(=O)NC(=O)OC(C)(C)C.Cc1cc(C)c(C#N)s1. The number of rotatable bonds is 0. The van der Waals surface area contributed by atoms with Gasteiger partial charge >= 0.3 is 12.2 Å². The van der Waals surface area contributed by atoms with E-state index in [-0.39, 0.29) is 0 Å². The average Bonchev–Trinajstić information content (AvgIpc) is 2.62. The fraction of sp³-hybridized carbons (Fsp3) is 0.588. The Morgan fingerprint density at radius 3 is 1.67 bits per heavy atom. The number of nitrogens with zero attached hydrogens (tertiary/aromatic N) is 1. The fourth-order valence-electron chi connectivity index (χ4n) is 1.44. The summed E-state index contributed by atoms with van der Waals surface area (Å²) in [6.45, 7) is 14.2. The number of nitrogens with one attached hydrogen (secondary N) is 1. The van der Waals surface area contributed by atoms with Crippen molar-refractivity contribution in [3.8, 4) is 6.07 Å². The van der Waals surface area contributed by atoms with E-state index in [2.05, 4.69) is 6.07 Å². The van der Waals surface area contributed by atoms with Crippen molar-refractivity contribution in [1.82, 2.24) is 5.32 Å². The lowest BCUT2D eigenvalue weighted by atomic mass is 10.2. The molecule has 1 aromatic rings. The Balaban J connectivity index is 0.000000496. The van der Waals surface area contributed by atoms with Crippen LogP contribution in [-0.2, 0) is 9.47 Å². The molecule has 1 N–H and O–H groups in total. The first-order valence-electron chi connectivity index (χ1n) is 7.43. The molecule has 0 radical (unpaired) electrons. The highest BCUT2D eigenvalue weighted by Crippen LogP contribution is 2.18. The van der Waals surface area contributed by atoms with Crippen molar-refractivity contribution in [2.75, 3.05) is 0 Å². The van der Waals surface area contributed by atoms with Crippen LogP contribution >= 0.6 is 11.3 Å². The van der Waals surface area contributed by atoms with E-state index in [1.807, 2.05) is 25.2 Å². The van der Waals surface area contributed by atoms with Gasteiger partial charge in [0.05, 0.1) is 0 Å². The van der Waals surface area contributed by atoms with E-state index < -0.39 is 23.4 Å². The molecule has 0 unspecified atom stereocenters. The summed E-state index contributed by atoms with van der Waals surface area (Å²) in [6, 6.07) is 4.17. The third kappa shape index (κ3) is 10.6. The normalized spacial score (nSPS) is 10.8. The molecule has 1 rings (SSSR count). The third-order valence-corrected chi connectivity index (χ3v) is 3.20. The number of imide groups is 1. The highest BCUT2D eigenvalue weighted by Gasteiger charge is 2.21. The van der Waals surface area contributed by atoms with Crippen molar-refractivity contribution >= 4 is 23.5 Å². The summed E-state index contributed by atoms with van der Waals surface area (Å²) in [4.78, 5) is 24.3. The zero-order valence-electron chi connectivity index (χ0n) is 15.6. The molecule has 1 heterocycles. The second-order valence-corrected chi connectivity index (χ2v) is 8.37. The van der Waals surface area contributed by atoms with Crippen LogP contribution in [0.3, 0.4) is 0 Å². The number of thiophene rings is 1. The Bertz CT molecular complexity index is 590. The summed E-state index contributed by atoms with van der Waals surface area (Å²) in [5.41, 5.74) is -0.168. The van der Waals surface area contributed by atoms with Crippen LogP contribution in [0.5, 0.6) is 0 Å². The second kappa shape index (κ2) is 8.69. The molecule has 0 fully saturated rings. The Morgan fingerprint density at radius 1 is 1.04 bits per heavy atom. The number of amides is 2. The molecular formula is C17H26N2O4S. The Morgan fingerprint density at radius 2 is 1.46 bits per heavy atom. The number of carbonyl (C=O) groups excluding carboxylic acids is 2. The van der Waals surface area contributed by atoms with Gasteiger partial charge in [-0.2, -0.15) is 5.26 Å². The summed E-state index contributed by atoms with van der Waals surface area (Å²) in [7, 11) is 0. The minimum atomic E-state index is -0.809. The van der Waals surface area contributed by atoms with Gasteiger partial charge in [0.15, 0.2) is 0 Å². The van der Waals surface area contributed by atoms with Crippen LogP contribution in [0.4, 0.5) is 9.59 Å². The monoisotopic (exact) mass is 354 g/mol. The maximum atomic E-state index is 11.1. The molecule has 0 atom stereocenters. The first kappa shape index (κ1) is 21.9. The number of hydrogen-bond donors (Lipinski definition) is 1. The third-order valence-electron chi connectivity index (χ3n) is 2.14. The Kier molecular flexibility index (Phi) is 7.94. The van der Waals surface area contributed by atoms with Crippen LogP contribution < -0.4 is 5.32 Å². The summed E-state index contributed by atoms with van der Waals surface area (Å²) in [6.07, 6.45) is -1.62. The van der Waals surface area contributed by atoms with Crippen LogP contribution in [0.25, 0.3) is 0 Å². The van der Waals surface area contributed by atoms with Gasteiger partial charge in [0.25, 0.3) is 0 Å². The van der Waals surface area contributed by atoms with Crippen molar-refractivity contribution in [3.05, 3.63) is 21.4 Å². The quantitative estimate of drug-likeness (QED) is 0.730. The molecule has 2 amide bonds. The minimum absolute atomic E-state index is 0.633. The van der Waals surface area contributed by atoms with Crippen molar-refractivity contribution in [3.63, 3.8) is 0 Å². The molecule has 0 aliphatic heterocycles. The van der Waals surface area contributed by atoms with Gasteiger partial charge in [0, 0.05) is 4.88 Å². The molecule has 1 aromatic heterocycles. The molecule has 0 aromatic carbocycles. The van der Waals surface area contributed by atoms with Crippen LogP contribution in [0.2, 0.25) is 0 Å². The van der Waals surface area contributed by atoms with E-state index in [9.17, 15) is 9.59 Å². The summed E-state index contributed by atoms with van der Waals surface area (Å²) < 4.78 is 9.74. The average molecular weight is 354 g/mol.